The van der Waals surface area contributed by atoms with Gasteiger partial charge in [0.2, 0.25) is 0 Å². The molecule has 1 unspecified atom stereocenters. The molecule has 0 aliphatic heterocycles. The summed E-state index contributed by atoms with van der Waals surface area (Å²) in [5, 5.41) is 18.7. The molecule has 27 heavy (non-hydrogen) atoms. The molecule has 2 aromatic carbocycles. The van der Waals surface area contributed by atoms with Gasteiger partial charge in [-0.15, -0.1) is 0 Å². The van der Waals surface area contributed by atoms with Gasteiger partial charge < -0.3 is 9.67 Å². The molecule has 0 aliphatic carbocycles. The highest BCUT2D eigenvalue weighted by atomic mass is 79.9. The van der Waals surface area contributed by atoms with Gasteiger partial charge >= 0.3 is 0 Å². The van der Waals surface area contributed by atoms with E-state index in [1.54, 1.807) is 0 Å². The van der Waals surface area contributed by atoms with Gasteiger partial charge in [-0.2, -0.15) is 5.10 Å². The largest absolute Gasteiger partial charge is 0.389 e. The van der Waals surface area contributed by atoms with E-state index in [0.717, 1.165) is 37.7 Å². The number of benzene rings is 2. The first-order chi connectivity index (χ1) is 12.8. The van der Waals surface area contributed by atoms with Crippen molar-refractivity contribution in [3.8, 4) is 0 Å². The highest BCUT2D eigenvalue weighted by molar-refractivity contribution is 9.10. The Hall–Kier alpha value is -1.53. The van der Waals surface area contributed by atoms with Crippen LogP contribution in [0.1, 0.15) is 11.4 Å². The Labute approximate surface area is 175 Å². The summed E-state index contributed by atoms with van der Waals surface area (Å²) in [6.07, 6.45) is -0.597. The maximum absolute atomic E-state index is 10.8. The summed E-state index contributed by atoms with van der Waals surface area (Å²) >= 11 is 16.0. The minimum Gasteiger partial charge on any atom is -0.389 e. The Kier molecular flexibility index (Phi) is 4.97. The minimum absolute atomic E-state index is 0.417. The molecule has 0 saturated heterocycles. The van der Waals surface area contributed by atoms with E-state index in [0.29, 0.717) is 23.1 Å². The van der Waals surface area contributed by atoms with E-state index < -0.39 is 6.10 Å². The molecule has 2 aromatic heterocycles. The number of hydrogen-bond donors (Lipinski definition) is 1. The van der Waals surface area contributed by atoms with Crippen LogP contribution in [0.4, 0.5) is 0 Å². The van der Waals surface area contributed by atoms with Crippen molar-refractivity contribution in [1.29, 1.82) is 0 Å². The molecule has 7 heteroatoms. The topological polar surface area (TPSA) is 43.0 Å². The van der Waals surface area contributed by atoms with Crippen molar-refractivity contribution >= 4 is 60.9 Å². The first-order valence-corrected chi connectivity index (χ1v) is 10.1. The first-order valence-electron chi connectivity index (χ1n) is 8.59. The second-order valence-electron chi connectivity index (χ2n) is 6.75. The van der Waals surface area contributed by atoms with Crippen molar-refractivity contribution in [2.75, 3.05) is 0 Å². The molecule has 0 saturated carbocycles. The molecule has 0 aliphatic rings. The Bertz CT molecular complexity index is 1110. The summed E-state index contributed by atoms with van der Waals surface area (Å²) in [6.45, 7) is 4.79. The van der Waals surface area contributed by atoms with E-state index in [1.807, 2.05) is 54.9 Å². The zero-order valence-corrected chi connectivity index (χ0v) is 18.0. The summed E-state index contributed by atoms with van der Waals surface area (Å²) in [5.74, 6) is 0. The molecule has 0 fully saturated rings. The summed E-state index contributed by atoms with van der Waals surface area (Å²) in [5.41, 5.74) is 3.96. The highest BCUT2D eigenvalue weighted by Gasteiger charge is 2.17. The number of rotatable bonds is 4. The van der Waals surface area contributed by atoms with Crippen LogP contribution in [0, 0.1) is 13.8 Å². The van der Waals surface area contributed by atoms with Gasteiger partial charge in [0.25, 0.3) is 0 Å². The maximum Gasteiger partial charge on any atom is 0.0914 e. The van der Waals surface area contributed by atoms with Crippen molar-refractivity contribution in [3.63, 3.8) is 0 Å². The number of aromatic nitrogens is 3. The van der Waals surface area contributed by atoms with E-state index in [9.17, 15) is 5.11 Å². The Morgan fingerprint density at radius 3 is 2.04 bits per heavy atom. The normalized spacial score (nSPS) is 13.0. The monoisotopic (exact) mass is 465 g/mol. The van der Waals surface area contributed by atoms with E-state index in [4.69, 9.17) is 23.2 Å². The number of halogens is 3. The summed E-state index contributed by atoms with van der Waals surface area (Å²) in [4.78, 5) is 0. The van der Waals surface area contributed by atoms with E-state index in [1.165, 1.54) is 0 Å². The van der Waals surface area contributed by atoms with Gasteiger partial charge in [0, 0.05) is 37.5 Å². The molecular weight excluding hydrogens is 449 g/mol. The van der Waals surface area contributed by atoms with Crippen LogP contribution < -0.4 is 0 Å². The molecule has 0 amide bonds. The first kappa shape index (κ1) is 18.8. The van der Waals surface area contributed by atoms with E-state index in [-0.39, 0.29) is 0 Å². The molecule has 1 N–H and O–H groups in total. The number of hydrogen-bond acceptors (Lipinski definition) is 2. The van der Waals surface area contributed by atoms with Crippen molar-refractivity contribution in [2.24, 2.45) is 0 Å². The van der Waals surface area contributed by atoms with Gasteiger partial charge in [-0.05, 0) is 66.2 Å². The number of nitrogens with zero attached hydrogens (tertiary/aromatic N) is 3. The summed E-state index contributed by atoms with van der Waals surface area (Å²) in [7, 11) is 0. The van der Waals surface area contributed by atoms with Crippen LogP contribution in [0.25, 0.3) is 21.8 Å². The number of aliphatic hydroxyl groups is 1. The van der Waals surface area contributed by atoms with Crippen LogP contribution in [-0.4, -0.2) is 25.6 Å². The molecule has 4 rings (SSSR count). The smallest absolute Gasteiger partial charge is 0.0914 e. The molecule has 140 valence electrons. The minimum atomic E-state index is -0.597. The van der Waals surface area contributed by atoms with Gasteiger partial charge in [0.05, 0.1) is 29.4 Å². The van der Waals surface area contributed by atoms with Crippen LogP contribution in [0.5, 0.6) is 0 Å². The predicted octanol–water partition coefficient (Wildman–Crippen LogP) is 5.74. The molecule has 4 nitrogen and oxygen atoms in total. The zero-order chi connectivity index (χ0) is 19.3. The lowest BCUT2D eigenvalue weighted by Crippen LogP contribution is -2.23. The third-order valence-corrected chi connectivity index (χ3v) is 6.48. The lowest BCUT2D eigenvalue weighted by Gasteiger charge is -2.15. The molecule has 1 atom stereocenters. The number of aliphatic hydroxyl groups excluding tert-OH is 1. The van der Waals surface area contributed by atoms with Gasteiger partial charge in [-0.3, -0.25) is 4.68 Å². The van der Waals surface area contributed by atoms with Crippen LogP contribution in [0.15, 0.2) is 40.9 Å². The number of aryl methyl sites for hydroxylation is 1. The second kappa shape index (κ2) is 7.13. The summed E-state index contributed by atoms with van der Waals surface area (Å²) in [6, 6.07) is 11.6. The quantitative estimate of drug-likeness (QED) is 0.416. The second-order valence-corrected chi connectivity index (χ2v) is 8.42. The van der Waals surface area contributed by atoms with E-state index >= 15 is 0 Å². The molecule has 2 heterocycles. The fourth-order valence-electron chi connectivity index (χ4n) is 3.57. The highest BCUT2D eigenvalue weighted by Crippen LogP contribution is 2.33. The lowest BCUT2D eigenvalue weighted by atomic mass is 10.1. The standard InChI is InChI=1S/C20H18BrCl2N3O/c1-11-20(21)12(2)26(24-11)10-15(27)9-25-18-5-3-13(22)7-16(18)17-8-14(23)4-6-19(17)25/h3-8,15,27H,9-10H2,1-2H3. The fourth-order valence-corrected chi connectivity index (χ4v) is 4.19. The van der Waals surface area contributed by atoms with E-state index in [2.05, 4.69) is 25.6 Å². The van der Waals surface area contributed by atoms with Gasteiger partial charge in [0.1, 0.15) is 0 Å². The SMILES string of the molecule is Cc1nn(CC(O)Cn2c3ccc(Cl)cc3c3cc(Cl)ccc32)c(C)c1Br. The molecule has 0 spiro atoms. The average molecular weight is 467 g/mol. The van der Waals surface area contributed by atoms with Crippen LogP contribution in [0.3, 0.4) is 0 Å². The maximum atomic E-state index is 10.8. The van der Waals surface area contributed by atoms with Crippen molar-refractivity contribution in [2.45, 2.75) is 33.0 Å². The number of fused-ring (bicyclic) bond motifs is 3. The fraction of sp³-hybridized carbons (Fsp3) is 0.250. The molecular formula is C20H18BrCl2N3O. The Balaban J connectivity index is 1.75. The Morgan fingerprint density at radius 2 is 1.56 bits per heavy atom. The predicted molar refractivity (Wildman–Crippen MR) is 115 cm³/mol. The van der Waals surface area contributed by atoms with Crippen molar-refractivity contribution in [3.05, 3.63) is 62.3 Å². The third-order valence-electron chi connectivity index (χ3n) is 4.86. The van der Waals surface area contributed by atoms with Crippen LogP contribution >= 0.6 is 39.1 Å². The van der Waals surface area contributed by atoms with Crippen LogP contribution in [0.2, 0.25) is 10.0 Å². The molecule has 0 bridgehead atoms. The van der Waals surface area contributed by atoms with Gasteiger partial charge in [-0.25, -0.2) is 0 Å². The third kappa shape index (κ3) is 3.38. The molecule has 0 radical (unpaired) electrons. The van der Waals surface area contributed by atoms with Crippen molar-refractivity contribution < 1.29 is 5.11 Å². The zero-order valence-electron chi connectivity index (χ0n) is 14.9. The average Bonchev–Trinajstić information content (AvgIpc) is 3.04. The van der Waals surface area contributed by atoms with Gasteiger partial charge in [-0.1, -0.05) is 23.2 Å². The Morgan fingerprint density at radius 1 is 1.00 bits per heavy atom. The lowest BCUT2D eigenvalue weighted by molar-refractivity contribution is 0.132. The molecule has 4 aromatic rings. The van der Waals surface area contributed by atoms with Crippen LogP contribution in [-0.2, 0) is 13.1 Å². The van der Waals surface area contributed by atoms with Gasteiger partial charge in [0.15, 0.2) is 0 Å². The van der Waals surface area contributed by atoms with Crippen molar-refractivity contribution in [1.82, 2.24) is 14.3 Å². The summed E-state index contributed by atoms with van der Waals surface area (Å²) < 4.78 is 4.94.